The van der Waals surface area contributed by atoms with Crippen LogP contribution in [0.25, 0.3) is 0 Å². The average Bonchev–Trinajstić information content (AvgIpc) is 3.24. The smallest absolute Gasteiger partial charge is 0.257 e. The van der Waals surface area contributed by atoms with Gasteiger partial charge < -0.3 is 10.2 Å². The number of hydrogen-bond donors (Lipinski definition) is 1. The number of carbonyl (C=O) groups is 2. The topological polar surface area (TPSA) is 70.5 Å². The molecule has 2 fully saturated rings. The summed E-state index contributed by atoms with van der Waals surface area (Å²) in [5.74, 6) is -0.0332. The van der Waals surface area contributed by atoms with Crippen LogP contribution < -0.4 is 5.32 Å². The van der Waals surface area contributed by atoms with Gasteiger partial charge in [0, 0.05) is 58.4 Å². The molecule has 1 atom stereocenters. The molecule has 1 aromatic heterocycles. The van der Waals surface area contributed by atoms with Gasteiger partial charge in [-0.1, -0.05) is 30.3 Å². The predicted octanol–water partition coefficient (Wildman–Crippen LogP) is 0.740. The Morgan fingerprint density at radius 1 is 1.22 bits per heavy atom. The number of amides is 2. The Labute approximate surface area is 158 Å². The number of likely N-dealkylation sites (tertiary alicyclic amines) is 2. The highest BCUT2D eigenvalue weighted by molar-refractivity contribution is 5.94. The number of hydrogen-bond acceptors (Lipinski definition) is 4. The normalized spacial score (nSPS) is 21.3. The van der Waals surface area contributed by atoms with Crippen molar-refractivity contribution in [1.82, 2.24) is 24.9 Å². The van der Waals surface area contributed by atoms with Crippen molar-refractivity contribution in [1.29, 1.82) is 0 Å². The molecule has 1 N–H and O–H groups in total. The Balaban J connectivity index is 1.47. The molecular formula is C20H25N5O2. The minimum Gasteiger partial charge on any atom is -0.359 e. The minimum atomic E-state index is -0.160. The number of benzene rings is 1. The Hall–Kier alpha value is -2.67. The molecule has 2 saturated heterocycles. The molecule has 4 rings (SSSR count). The van der Waals surface area contributed by atoms with Crippen LogP contribution in [0.2, 0.25) is 0 Å². The third kappa shape index (κ3) is 3.23. The monoisotopic (exact) mass is 367 g/mol. The van der Waals surface area contributed by atoms with E-state index in [9.17, 15) is 9.59 Å². The van der Waals surface area contributed by atoms with Gasteiger partial charge >= 0.3 is 0 Å². The summed E-state index contributed by atoms with van der Waals surface area (Å²) in [5.41, 5.74) is 1.68. The molecule has 2 aliphatic heterocycles. The molecule has 2 aliphatic rings. The third-order valence-corrected chi connectivity index (χ3v) is 5.78. The van der Waals surface area contributed by atoms with E-state index in [0.717, 1.165) is 19.6 Å². The van der Waals surface area contributed by atoms with Gasteiger partial charge in [-0.25, -0.2) is 0 Å². The maximum atomic E-state index is 12.7. The average molecular weight is 367 g/mol. The van der Waals surface area contributed by atoms with Crippen LogP contribution in [0.15, 0.2) is 42.7 Å². The summed E-state index contributed by atoms with van der Waals surface area (Å²) >= 11 is 0. The van der Waals surface area contributed by atoms with Gasteiger partial charge in [-0.2, -0.15) is 5.10 Å². The van der Waals surface area contributed by atoms with Gasteiger partial charge in [0.25, 0.3) is 5.91 Å². The van der Waals surface area contributed by atoms with E-state index in [1.54, 1.807) is 31.2 Å². The molecule has 1 spiro atoms. The Morgan fingerprint density at radius 2 is 1.96 bits per heavy atom. The second-order valence-electron chi connectivity index (χ2n) is 7.75. The molecule has 7 heteroatoms. The molecule has 142 valence electrons. The second-order valence-corrected chi connectivity index (χ2v) is 7.75. The van der Waals surface area contributed by atoms with Crippen LogP contribution in [0, 0.1) is 11.3 Å². The maximum absolute atomic E-state index is 12.7. The van der Waals surface area contributed by atoms with E-state index in [1.807, 2.05) is 23.1 Å². The first kappa shape index (κ1) is 17.7. The van der Waals surface area contributed by atoms with Crippen molar-refractivity contribution in [2.24, 2.45) is 18.4 Å². The van der Waals surface area contributed by atoms with Crippen molar-refractivity contribution in [3.8, 4) is 0 Å². The Bertz CT molecular complexity index is 841. The van der Waals surface area contributed by atoms with Gasteiger partial charge in [0.15, 0.2) is 0 Å². The van der Waals surface area contributed by atoms with Crippen molar-refractivity contribution >= 4 is 11.8 Å². The van der Waals surface area contributed by atoms with Gasteiger partial charge in [0.1, 0.15) is 0 Å². The molecule has 7 nitrogen and oxygen atoms in total. The van der Waals surface area contributed by atoms with Crippen LogP contribution in [-0.2, 0) is 18.4 Å². The minimum absolute atomic E-state index is 0.00843. The van der Waals surface area contributed by atoms with Gasteiger partial charge in [-0.3, -0.25) is 19.2 Å². The first-order valence-electron chi connectivity index (χ1n) is 9.26. The van der Waals surface area contributed by atoms with Gasteiger partial charge in [-0.15, -0.1) is 0 Å². The van der Waals surface area contributed by atoms with Crippen molar-refractivity contribution in [3.05, 3.63) is 53.9 Å². The maximum Gasteiger partial charge on any atom is 0.257 e. The first-order valence-corrected chi connectivity index (χ1v) is 9.26. The third-order valence-electron chi connectivity index (χ3n) is 5.78. The molecule has 0 radical (unpaired) electrons. The van der Waals surface area contributed by atoms with E-state index >= 15 is 0 Å². The van der Waals surface area contributed by atoms with Crippen molar-refractivity contribution in [2.75, 3.05) is 33.2 Å². The number of nitrogens with one attached hydrogen (secondary N) is 1. The van der Waals surface area contributed by atoms with Crippen molar-refractivity contribution < 1.29 is 9.59 Å². The summed E-state index contributed by atoms with van der Waals surface area (Å²) in [6.07, 6.45) is 3.33. The molecule has 1 unspecified atom stereocenters. The highest BCUT2D eigenvalue weighted by Crippen LogP contribution is 2.45. The van der Waals surface area contributed by atoms with Crippen molar-refractivity contribution in [3.63, 3.8) is 0 Å². The fraction of sp³-hybridized carbons (Fsp3) is 0.450. The standard InChI is InChI=1S/C20H25N5O2/c1-21-18(26)17-11-24(9-15-6-4-3-5-7-15)12-20(17)13-25(14-20)19(27)16-8-22-23(2)10-16/h3-8,10,17H,9,11-14H2,1-2H3,(H,21,26). The van der Waals surface area contributed by atoms with Crippen LogP contribution in [0.5, 0.6) is 0 Å². The second kappa shape index (κ2) is 6.81. The molecule has 1 aromatic carbocycles. The zero-order valence-electron chi connectivity index (χ0n) is 15.8. The van der Waals surface area contributed by atoms with Crippen LogP contribution >= 0.6 is 0 Å². The Morgan fingerprint density at radius 3 is 2.59 bits per heavy atom. The lowest BCUT2D eigenvalue weighted by Gasteiger charge is -2.50. The number of carbonyl (C=O) groups excluding carboxylic acids is 2. The molecule has 0 aliphatic carbocycles. The molecule has 0 bridgehead atoms. The SMILES string of the molecule is CNC(=O)C1CN(Cc2ccccc2)CC12CN(C(=O)c1cnn(C)c1)C2. The van der Waals surface area contributed by atoms with Crippen LogP contribution in [0.3, 0.4) is 0 Å². The number of nitrogens with zero attached hydrogens (tertiary/aromatic N) is 4. The quantitative estimate of drug-likeness (QED) is 0.865. The lowest BCUT2D eigenvalue weighted by molar-refractivity contribution is -0.130. The first-order chi connectivity index (χ1) is 13.0. The molecule has 3 heterocycles. The summed E-state index contributed by atoms with van der Waals surface area (Å²) in [7, 11) is 3.49. The van der Waals surface area contributed by atoms with Crippen LogP contribution in [-0.4, -0.2) is 64.6 Å². The molecule has 2 amide bonds. The van der Waals surface area contributed by atoms with Gasteiger partial charge in [0.05, 0.1) is 17.7 Å². The lowest BCUT2D eigenvalue weighted by atomic mass is 9.71. The van der Waals surface area contributed by atoms with Crippen LogP contribution in [0.4, 0.5) is 0 Å². The van der Waals surface area contributed by atoms with E-state index < -0.39 is 0 Å². The highest BCUT2D eigenvalue weighted by atomic mass is 16.2. The summed E-state index contributed by atoms with van der Waals surface area (Å²) in [5, 5.41) is 6.89. The van der Waals surface area contributed by atoms with E-state index in [1.165, 1.54) is 5.56 Å². The van der Waals surface area contributed by atoms with Gasteiger partial charge in [-0.05, 0) is 5.56 Å². The van der Waals surface area contributed by atoms with E-state index in [4.69, 9.17) is 0 Å². The summed E-state index contributed by atoms with van der Waals surface area (Å²) in [4.78, 5) is 29.3. The van der Waals surface area contributed by atoms with Crippen molar-refractivity contribution in [2.45, 2.75) is 6.54 Å². The fourth-order valence-electron chi connectivity index (χ4n) is 4.46. The zero-order valence-corrected chi connectivity index (χ0v) is 15.8. The largest absolute Gasteiger partial charge is 0.359 e. The number of rotatable bonds is 4. The van der Waals surface area contributed by atoms with Crippen LogP contribution in [0.1, 0.15) is 15.9 Å². The van der Waals surface area contributed by atoms with E-state index in [-0.39, 0.29) is 23.1 Å². The Kier molecular flexibility index (Phi) is 4.47. The summed E-state index contributed by atoms with van der Waals surface area (Å²) in [6.45, 7) is 3.61. The van der Waals surface area contributed by atoms with E-state index in [0.29, 0.717) is 18.7 Å². The fourth-order valence-corrected chi connectivity index (χ4v) is 4.46. The zero-order chi connectivity index (χ0) is 19.0. The van der Waals surface area contributed by atoms with E-state index in [2.05, 4.69) is 27.4 Å². The molecule has 2 aromatic rings. The highest BCUT2D eigenvalue weighted by Gasteiger charge is 2.57. The molecule has 0 saturated carbocycles. The van der Waals surface area contributed by atoms with Gasteiger partial charge in [0.2, 0.25) is 5.91 Å². The summed E-state index contributed by atoms with van der Waals surface area (Å²) in [6, 6.07) is 10.3. The number of aryl methyl sites for hydroxylation is 1. The molecular weight excluding hydrogens is 342 g/mol. The lowest BCUT2D eigenvalue weighted by Crippen LogP contribution is -2.63. The molecule has 27 heavy (non-hydrogen) atoms. The number of aromatic nitrogens is 2. The summed E-state index contributed by atoms with van der Waals surface area (Å²) < 4.78 is 1.63. The predicted molar refractivity (Wildman–Crippen MR) is 101 cm³/mol.